The molecule has 4 aliphatic rings. The lowest BCUT2D eigenvalue weighted by Crippen LogP contribution is -2.45. The molecule has 1 aromatic carbocycles. The maximum Gasteiger partial charge on any atom is 0.415 e. The van der Waals surface area contributed by atoms with Crippen molar-refractivity contribution in [3.63, 3.8) is 0 Å². The van der Waals surface area contributed by atoms with Gasteiger partial charge in [0, 0.05) is 94.6 Å². The predicted octanol–water partition coefficient (Wildman–Crippen LogP) is 5.69. The molecule has 1 saturated carbocycles. The Labute approximate surface area is 380 Å². The predicted molar refractivity (Wildman–Crippen MR) is 250 cm³/mol. The van der Waals surface area contributed by atoms with Crippen LogP contribution in [0.25, 0.3) is 5.65 Å². The molecule has 3 atom stereocenters. The summed E-state index contributed by atoms with van der Waals surface area (Å²) in [6.07, 6.45) is 13.6. The number of rotatable bonds is 20. The number of aromatic nitrogens is 6. The minimum absolute atomic E-state index is 0.0616. The molecule has 3 aliphatic heterocycles. The second-order valence-corrected chi connectivity index (χ2v) is 17.9. The van der Waals surface area contributed by atoms with E-state index < -0.39 is 6.09 Å². The molecule has 2 saturated heterocycles. The molecule has 9 rings (SSSR count). The van der Waals surface area contributed by atoms with E-state index in [0.717, 1.165) is 104 Å². The van der Waals surface area contributed by atoms with Crippen molar-refractivity contribution >= 4 is 35.1 Å². The first-order chi connectivity index (χ1) is 31.8. The molecule has 1 amide bonds. The number of aliphatic hydroxyl groups is 1. The lowest BCUT2D eigenvalue weighted by Gasteiger charge is -2.36. The Kier molecular flexibility index (Phi) is 14.2. The first-order valence-electron chi connectivity index (χ1n) is 23.7. The minimum atomic E-state index is -0.489. The number of ether oxygens (including phenoxy) is 2. The van der Waals surface area contributed by atoms with Gasteiger partial charge in [-0.2, -0.15) is 14.6 Å². The van der Waals surface area contributed by atoms with Gasteiger partial charge in [0.1, 0.15) is 24.1 Å². The highest BCUT2D eigenvalue weighted by atomic mass is 16.6. The van der Waals surface area contributed by atoms with Crippen LogP contribution in [0.4, 0.5) is 28.2 Å². The zero-order valence-corrected chi connectivity index (χ0v) is 37.8. The smallest absolute Gasteiger partial charge is 0.415 e. The number of aryl methyl sites for hydroxylation is 1. The number of piperidine rings is 1. The van der Waals surface area contributed by atoms with Crippen LogP contribution >= 0.6 is 0 Å². The lowest BCUT2D eigenvalue weighted by molar-refractivity contribution is 0.118. The number of anilines is 4. The zero-order chi connectivity index (χ0) is 44.7. The lowest BCUT2D eigenvalue weighted by atomic mass is 9.96. The van der Waals surface area contributed by atoms with Crippen molar-refractivity contribution in [2.75, 3.05) is 79.5 Å². The van der Waals surface area contributed by atoms with Gasteiger partial charge in [-0.3, -0.25) is 14.6 Å². The number of fused-ring (bicyclic) bond motifs is 2. The largest absolute Gasteiger partial charge is 0.444 e. The maximum absolute atomic E-state index is 13.0. The van der Waals surface area contributed by atoms with E-state index in [9.17, 15) is 14.7 Å². The Morgan fingerprint density at radius 3 is 2.58 bits per heavy atom. The number of carbonyl (C=O) groups excluding carboxylic acids is 1. The van der Waals surface area contributed by atoms with Crippen molar-refractivity contribution in [2.24, 2.45) is 5.92 Å². The number of piperazine rings is 1. The summed E-state index contributed by atoms with van der Waals surface area (Å²) < 4.78 is 14.9. The highest BCUT2D eigenvalue weighted by molar-refractivity contribution is 5.89. The van der Waals surface area contributed by atoms with Gasteiger partial charge in [-0.15, -0.1) is 0 Å². The first-order valence-corrected chi connectivity index (χ1v) is 23.7. The van der Waals surface area contributed by atoms with Crippen LogP contribution in [0.3, 0.4) is 0 Å². The summed E-state index contributed by atoms with van der Waals surface area (Å²) in [5.41, 5.74) is 5.91. The molecular weight excluding hydrogens is 825 g/mol. The average Bonchev–Trinajstić information content (AvgIpc) is 4.07. The highest BCUT2D eigenvalue weighted by Crippen LogP contribution is 2.40. The Morgan fingerprint density at radius 1 is 0.969 bits per heavy atom. The molecule has 0 spiro atoms. The summed E-state index contributed by atoms with van der Waals surface area (Å²) in [7, 11) is 0. The van der Waals surface area contributed by atoms with Crippen LogP contribution in [0.1, 0.15) is 98.7 Å². The number of hydrogen-bond donors (Lipinski definition) is 4. The number of aliphatic hydroxyl groups excluding tert-OH is 1. The Hall–Kier alpha value is -5.62. The Balaban J connectivity index is 0.793. The third kappa shape index (κ3) is 10.6. The molecule has 0 unspecified atom stereocenters. The van der Waals surface area contributed by atoms with Crippen LogP contribution in [0.5, 0.6) is 0 Å². The van der Waals surface area contributed by atoms with Gasteiger partial charge >= 0.3 is 6.09 Å². The van der Waals surface area contributed by atoms with E-state index in [1.165, 1.54) is 29.7 Å². The van der Waals surface area contributed by atoms with Crippen molar-refractivity contribution in [3.05, 3.63) is 99.2 Å². The van der Waals surface area contributed by atoms with Crippen molar-refractivity contribution in [1.82, 2.24) is 39.3 Å². The Morgan fingerprint density at radius 2 is 1.78 bits per heavy atom. The van der Waals surface area contributed by atoms with Gasteiger partial charge in [0.25, 0.3) is 5.56 Å². The van der Waals surface area contributed by atoms with Crippen LogP contribution in [-0.2, 0) is 35.6 Å². The van der Waals surface area contributed by atoms with Gasteiger partial charge in [0.05, 0.1) is 37.6 Å². The third-order valence-corrected chi connectivity index (χ3v) is 13.4. The van der Waals surface area contributed by atoms with Gasteiger partial charge < -0.3 is 40.0 Å². The second-order valence-electron chi connectivity index (χ2n) is 17.9. The van der Waals surface area contributed by atoms with Crippen LogP contribution < -0.4 is 31.3 Å². The monoisotopic (exact) mass is 889 g/mol. The van der Waals surface area contributed by atoms with Crippen molar-refractivity contribution in [3.8, 4) is 0 Å². The van der Waals surface area contributed by atoms with E-state index in [4.69, 9.17) is 19.4 Å². The summed E-state index contributed by atoms with van der Waals surface area (Å²) in [5.74, 6) is 3.47. The standard InChI is InChI=1S/C48H64N12O5/c1-3-36-30-52-60-42(27-43(54-46(36)60)58-18-5-4-6-40(58)15-23-61)50-28-35-9-14-44(62)57(31-35)21-24-64-25-22-59-45-39(32-65-48(59)63)29-51-47(55-45)53-33(2)37-10-12-38(13-11-37)41(26-34-7-8-34)56-19-16-49-17-20-56/h9-14,27,29-31,33-34,40-41,49-50,61H,3-8,15-26,28,32H2,1-2H3,(H,51,53,55)/t33-,40-,41-/m0/s1. The number of carbonyl (C=O) groups is 1. The molecule has 1 aliphatic carbocycles. The van der Waals surface area contributed by atoms with E-state index in [1.807, 2.05) is 29.0 Å². The maximum atomic E-state index is 13.0. The molecule has 7 heterocycles. The highest BCUT2D eigenvalue weighted by Gasteiger charge is 2.31. The van der Waals surface area contributed by atoms with Gasteiger partial charge in [-0.25, -0.2) is 14.8 Å². The van der Waals surface area contributed by atoms with Crippen molar-refractivity contribution in [1.29, 1.82) is 0 Å². The fourth-order valence-electron chi connectivity index (χ4n) is 9.49. The molecule has 0 radical (unpaired) electrons. The minimum Gasteiger partial charge on any atom is -0.444 e. The molecule has 4 aromatic heterocycles. The normalized spacial score (nSPS) is 18.9. The number of hydrogen-bond acceptors (Lipinski definition) is 14. The molecule has 17 nitrogen and oxygen atoms in total. The van der Waals surface area contributed by atoms with E-state index in [1.54, 1.807) is 16.8 Å². The first kappa shape index (κ1) is 44.6. The van der Waals surface area contributed by atoms with Crippen LogP contribution in [-0.4, -0.2) is 110 Å². The molecule has 3 fully saturated rings. The van der Waals surface area contributed by atoms with Gasteiger partial charge in [0.2, 0.25) is 5.95 Å². The number of benzene rings is 1. The molecule has 65 heavy (non-hydrogen) atoms. The summed E-state index contributed by atoms with van der Waals surface area (Å²) >= 11 is 0. The van der Waals surface area contributed by atoms with Crippen molar-refractivity contribution < 1.29 is 19.4 Å². The number of cyclic esters (lactones) is 1. The topological polar surface area (TPSA) is 180 Å². The summed E-state index contributed by atoms with van der Waals surface area (Å²) in [6.45, 7) is 11.1. The number of nitrogens with one attached hydrogen (secondary N) is 3. The summed E-state index contributed by atoms with van der Waals surface area (Å²) in [5, 5.41) is 24.9. The van der Waals surface area contributed by atoms with Gasteiger partial charge in [-0.1, -0.05) is 50.1 Å². The quantitative estimate of drug-likeness (QED) is 0.0701. The molecule has 17 heteroatoms. The van der Waals surface area contributed by atoms with E-state index in [0.29, 0.717) is 37.3 Å². The number of pyridine rings is 1. The van der Waals surface area contributed by atoms with Crippen molar-refractivity contribution in [2.45, 2.75) is 103 Å². The van der Waals surface area contributed by atoms with E-state index in [2.05, 4.69) is 73.9 Å². The SMILES string of the molecule is CCc1cnn2c(NCc3ccc(=O)n(CCOCCN4C(=O)OCc5cnc(N[C@@H](C)c6ccc([C@H](CC7CC7)N7CCNCC7)cc6)nc54)c3)cc(N3CCCC[C@H]3CCO)nc12. The van der Waals surface area contributed by atoms with E-state index >= 15 is 0 Å². The van der Waals surface area contributed by atoms with Gasteiger partial charge in [0.15, 0.2) is 5.65 Å². The van der Waals surface area contributed by atoms with Crippen LogP contribution in [0.2, 0.25) is 0 Å². The number of amides is 1. The molecular formula is C48H64N12O5. The van der Waals surface area contributed by atoms with E-state index in [-0.39, 0.29) is 50.6 Å². The fourth-order valence-corrected chi connectivity index (χ4v) is 9.49. The molecule has 5 aromatic rings. The summed E-state index contributed by atoms with van der Waals surface area (Å²) in [4.78, 5) is 46.8. The molecule has 0 bridgehead atoms. The van der Waals surface area contributed by atoms with Gasteiger partial charge in [-0.05, 0) is 68.1 Å². The zero-order valence-electron chi connectivity index (χ0n) is 37.8. The molecule has 346 valence electrons. The average molecular weight is 889 g/mol. The van der Waals surface area contributed by atoms with Crippen LogP contribution in [0.15, 0.2) is 65.8 Å². The Bertz CT molecular complexity index is 2450. The summed E-state index contributed by atoms with van der Waals surface area (Å²) in [6, 6.07) is 15.1. The fraction of sp³-hybridized carbons (Fsp3) is 0.542. The third-order valence-electron chi connectivity index (χ3n) is 13.4. The van der Waals surface area contributed by atoms with Crippen LogP contribution in [0, 0.1) is 5.92 Å². The second kappa shape index (κ2) is 20.7. The molecule has 4 N–H and O–H groups in total. The number of nitrogens with zero attached hydrogens (tertiary/aromatic N) is 9.